The minimum absolute atomic E-state index is 0.0887. The molecule has 4 heteroatoms. The molecule has 0 bridgehead atoms. The van der Waals surface area contributed by atoms with Crippen molar-refractivity contribution in [2.45, 2.75) is 45.8 Å². The van der Waals surface area contributed by atoms with Gasteiger partial charge in [0.25, 0.3) is 0 Å². The second-order valence-electron chi connectivity index (χ2n) is 4.93. The van der Waals surface area contributed by atoms with Crippen LogP contribution in [0.25, 0.3) is 0 Å². The van der Waals surface area contributed by atoms with Crippen molar-refractivity contribution in [3.05, 3.63) is 23.9 Å². The molecule has 18 heavy (non-hydrogen) atoms. The number of pyridine rings is 1. The van der Waals surface area contributed by atoms with Crippen molar-refractivity contribution in [1.29, 1.82) is 0 Å². The molecular weight excluding hydrogens is 228 g/mol. The maximum Gasteiger partial charge on any atom is 0.219 e. The van der Waals surface area contributed by atoms with Gasteiger partial charge in [-0.15, -0.1) is 0 Å². The van der Waals surface area contributed by atoms with Crippen molar-refractivity contribution < 1.29 is 9.53 Å². The Morgan fingerprint density at radius 3 is 3.00 bits per heavy atom. The summed E-state index contributed by atoms with van der Waals surface area (Å²) in [6.07, 6.45) is 3.85. The van der Waals surface area contributed by atoms with Crippen molar-refractivity contribution in [3.63, 3.8) is 0 Å². The number of rotatable bonds is 3. The predicted octanol–water partition coefficient (Wildman–Crippen LogP) is 2.55. The van der Waals surface area contributed by atoms with E-state index in [9.17, 15) is 4.79 Å². The third kappa shape index (κ3) is 2.63. The molecule has 4 nitrogen and oxygen atoms in total. The van der Waals surface area contributed by atoms with E-state index in [0.29, 0.717) is 5.88 Å². The summed E-state index contributed by atoms with van der Waals surface area (Å²) in [7, 11) is 0. The Kier molecular flexibility index (Phi) is 3.84. The lowest BCUT2D eigenvalue weighted by molar-refractivity contribution is -0.129. The van der Waals surface area contributed by atoms with Gasteiger partial charge < -0.3 is 9.64 Å². The average molecular weight is 248 g/mol. The standard InChI is InChI=1S/C14H20N2O2/c1-10(2)18-14-12(6-4-8-15-14)13-7-5-9-16(13)11(3)17/h4,6,8,10,13H,5,7,9H2,1-3H3. The summed E-state index contributed by atoms with van der Waals surface area (Å²) < 4.78 is 5.74. The highest BCUT2D eigenvalue weighted by Gasteiger charge is 2.30. The Balaban J connectivity index is 2.29. The van der Waals surface area contributed by atoms with Crippen LogP contribution < -0.4 is 4.74 Å². The van der Waals surface area contributed by atoms with Crippen LogP contribution in [0.15, 0.2) is 18.3 Å². The largest absolute Gasteiger partial charge is 0.475 e. The van der Waals surface area contributed by atoms with Crippen molar-refractivity contribution in [3.8, 4) is 5.88 Å². The molecule has 1 amide bonds. The van der Waals surface area contributed by atoms with Crippen molar-refractivity contribution >= 4 is 5.91 Å². The Morgan fingerprint density at radius 2 is 2.33 bits per heavy atom. The van der Waals surface area contributed by atoms with E-state index < -0.39 is 0 Å². The molecule has 1 unspecified atom stereocenters. The molecule has 0 radical (unpaired) electrons. The first-order chi connectivity index (χ1) is 8.59. The van der Waals surface area contributed by atoms with Gasteiger partial charge in [0.2, 0.25) is 11.8 Å². The van der Waals surface area contributed by atoms with E-state index in [1.807, 2.05) is 30.9 Å². The molecule has 1 aromatic heterocycles. The molecule has 0 aromatic carbocycles. The molecule has 0 aliphatic carbocycles. The van der Waals surface area contributed by atoms with E-state index in [1.54, 1.807) is 13.1 Å². The van der Waals surface area contributed by atoms with Crippen LogP contribution in [0.3, 0.4) is 0 Å². The molecule has 1 fully saturated rings. The number of carbonyl (C=O) groups is 1. The Labute approximate surface area is 108 Å². The monoisotopic (exact) mass is 248 g/mol. The zero-order valence-electron chi connectivity index (χ0n) is 11.2. The SMILES string of the molecule is CC(=O)N1CCCC1c1cccnc1OC(C)C. The molecule has 1 aliphatic rings. The van der Waals surface area contributed by atoms with E-state index in [-0.39, 0.29) is 18.1 Å². The number of amides is 1. The molecule has 0 N–H and O–H groups in total. The zero-order valence-corrected chi connectivity index (χ0v) is 11.2. The van der Waals surface area contributed by atoms with E-state index in [2.05, 4.69) is 4.98 Å². The van der Waals surface area contributed by atoms with Crippen LogP contribution in [0.5, 0.6) is 5.88 Å². The molecule has 98 valence electrons. The summed E-state index contributed by atoms with van der Waals surface area (Å²) in [4.78, 5) is 17.8. The topological polar surface area (TPSA) is 42.4 Å². The van der Waals surface area contributed by atoms with Crippen LogP contribution in [0.2, 0.25) is 0 Å². The van der Waals surface area contributed by atoms with Crippen LogP contribution in [-0.4, -0.2) is 28.4 Å². The predicted molar refractivity (Wildman–Crippen MR) is 69.4 cm³/mol. The summed E-state index contributed by atoms with van der Waals surface area (Å²) in [5.41, 5.74) is 1.03. The van der Waals surface area contributed by atoms with Crippen LogP contribution in [0, 0.1) is 0 Å². The Hall–Kier alpha value is -1.58. The lowest BCUT2D eigenvalue weighted by Crippen LogP contribution is -2.28. The average Bonchev–Trinajstić information content (AvgIpc) is 2.77. The Bertz CT molecular complexity index is 432. The van der Waals surface area contributed by atoms with Gasteiger partial charge in [0.1, 0.15) is 0 Å². The van der Waals surface area contributed by atoms with Crippen LogP contribution in [-0.2, 0) is 4.79 Å². The van der Waals surface area contributed by atoms with Crippen molar-refractivity contribution in [2.75, 3.05) is 6.54 Å². The summed E-state index contributed by atoms with van der Waals surface area (Å²) in [6, 6.07) is 4.03. The number of hydrogen-bond donors (Lipinski definition) is 0. The number of likely N-dealkylation sites (tertiary alicyclic amines) is 1. The quantitative estimate of drug-likeness (QED) is 0.825. The minimum atomic E-state index is 0.0887. The van der Waals surface area contributed by atoms with E-state index in [0.717, 1.165) is 24.9 Å². The van der Waals surface area contributed by atoms with E-state index in [4.69, 9.17) is 4.74 Å². The van der Waals surface area contributed by atoms with Crippen LogP contribution in [0.4, 0.5) is 0 Å². The maximum atomic E-state index is 11.6. The molecule has 1 aromatic rings. The highest BCUT2D eigenvalue weighted by molar-refractivity contribution is 5.74. The molecule has 0 spiro atoms. The number of aromatic nitrogens is 1. The highest BCUT2D eigenvalue weighted by atomic mass is 16.5. The third-order valence-electron chi connectivity index (χ3n) is 3.16. The Morgan fingerprint density at radius 1 is 1.56 bits per heavy atom. The van der Waals surface area contributed by atoms with Crippen LogP contribution in [0.1, 0.15) is 45.2 Å². The van der Waals surface area contributed by atoms with Gasteiger partial charge in [-0.1, -0.05) is 6.07 Å². The van der Waals surface area contributed by atoms with E-state index in [1.165, 1.54) is 0 Å². The minimum Gasteiger partial charge on any atom is -0.475 e. The molecular formula is C14H20N2O2. The van der Waals surface area contributed by atoms with Gasteiger partial charge in [0.15, 0.2) is 0 Å². The molecule has 2 heterocycles. The molecule has 2 rings (SSSR count). The fourth-order valence-electron chi connectivity index (χ4n) is 2.45. The number of nitrogens with zero attached hydrogens (tertiary/aromatic N) is 2. The molecule has 0 saturated carbocycles. The smallest absolute Gasteiger partial charge is 0.219 e. The number of carbonyl (C=O) groups excluding carboxylic acids is 1. The highest BCUT2D eigenvalue weighted by Crippen LogP contribution is 2.36. The van der Waals surface area contributed by atoms with Crippen molar-refractivity contribution in [1.82, 2.24) is 9.88 Å². The van der Waals surface area contributed by atoms with Gasteiger partial charge in [-0.3, -0.25) is 4.79 Å². The van der Waals surface area contributed by atoms with Gasteiger partial charge in [-0.05, 0) is 32.8 Å². The fraction of sp³-hybridized carbons (Fsp3) is 0.571. The third-order valence-corrected chi connectivity index (χ3v) is 3.16. The molecule has 1 saturated heterocycles. The molecule has 1 atom stereocenters. The number of hydrogen-bond acceptors (Lipinski definition) is 3. The summed E-state index contributed by atoms with van der Waals surface area (Å²) in [6.45, 7) is 6.42. The zero-order chi connectivity index (χ0) is 13.1. The lowest BCUT2D eigenvalue weighted by Gasteiger charge is -2.25. The first kappa shape index (κ1) is 12.9. The van der Waals surface area contributed by atoms with Gasteiger partial charge in [-0.25, -0.2) is 4.98 Å². The fourth-order valence-corrected chi connectivity index (χ4v) is 2.45. The summed E-state index contributed by atoms with van der Waals surface area (Å²) >= 11 is 0. The van der Waals surface area contributed by atoms with E-state index >= 15 is 0 Å². The van der Waals surface area contributed by atoms with Gasteiger partial charge in [0, 0.05) is 25.2 Å². The number of ether oxygens (including phenoxy) is 1. The van der Waals surface area contributed by atoms with Crippen molar-refractivity contribution in [2.24, 2.45) is 0 Å². The first-order valence-corrected chi connectivity index (χ1v) is 6.48. The van der Waals surface area contributed by atoms with Crippen LogP contribution >= 0.6 is 0 Å². The van der Waals surface area contributed by atoms with Gasteiger partial charge >= 0.3 is 0 Å². The van der Waals surface area contributed by atoms with Gasteiger partial charge in [-0.2, -0.15) is 0 Å². The van der Waals surface area contributed by atoms with Gasteiger partial charge in [0.05, 0.1) is 12.1 Å². The summed E-state index contributed by atoms with van der Waals surface area (Å²) in [5.74, 6) is 0.780. The second-order valence-corrected chi connectivity index (χ2v) is 4.93. The second kappa shape index (κ2) is 5.38. The maximum absolute atomic E-state index is 11.6. The lowest BCUT2D eigenvalue weighted by atomic mass is 10.1. The normalized spacial score (nSPS) is 19.3. The first-order valence-electron chi connectivity index (χ1n) is 6.48. The molecule has 1 aliphatic heterocycles. The summed E-state index contributed by atoms with van der Waals surface area (Å²) in [5, 5.41) is 0.